The number of nitrogens with zero attached hydrogens (tertiary/aromatic N) is 1. The van der Waals surface area contributed by atoms with Crippen LogP contribution in [0.4, 0.5) is 0 Å². The van der Waals surface area contributed by atoms with Gasteiger partial charge in [-0.2, -0.15) is 0 Å². The molecule has 1 heterocycles. The van der Waals surface area contributed by atoms with Crippen LogP contribution in [0.15, 0.2) is 28.7 Å². The highest BCUT2D eigenvalue weighted by Gasteiger charge is 2.18. The van der Waals surface area contributed by atoms with E-state index in [0.717, 1.165) is 35.9 Å². The molecule has 0 saturated carbocycles. The van der Waals surface area contributed by atoms with E-state index >= 15 is 0 Å². The van der Waals surface area contributed by atoms with Gasteiger partial charge < -0.3 is 9.64 Å². The minimum absolute atomic E-state index is 0.193. The summed E-state index contributed by atoms with van der Waals surface area (Å²) in [6, 6.07) is 8.07. The van der Waals surface area contributed by atoms with E-state index < -0.39 is 0 Å². The third-order valence-electron chi connectivity index (χ3n) is 3.46. The van der Waals surface area contributed by atoms with Crippen molar-refractivity contribution in [3.05, 3.63) is 34.3 Å². The molecule has 0 radical (unpaired) electrons. The van der Waals surface area contributed by atoms with Gasteiger partial charge in [0.05, 0.1) is 6.10 Å². The summed E-state index contributed by atoms with van der Waals surface area (Å²) < 4.78 is 6.60. The third kappa shape index (κ3) is 4.62. The molecule has 4 heteroatoms. The van der Waals surface area contributed by atoms with Gasteiger partial charge in [0.25, 0.3) is 0 Å². The van der Waals surface area contributed by atoms with E-state index in [0.29, 0.717) is 19.1 Å². The lowest BCUT2D eigenvalue weighted by Gasteiger charge is -2.18. The van der Waals surface area contributed by atoms with Gasteiger partial charge in [-0.25, -0.2) is 0 Å². The Bertz CT molecular complexity index is 413. The molecular weight excluding hydrogens is 306 g/mol. The quantitative estimate of drug-likeness (QED) is 0.830. The maximum Gasteiger partial charge on any atom is 0.222 e. The van der Waals surface area contributed by atoms with Gasteiger partial charge in [0, 0.05) is 31.1 Å². The Morgan fingerprint density at radius 3 is 2.79 bits per heavy atom. The Labute approximate surface area is 123 Å². The van der Waals surface area contributed by atoms with E-state index in [2.05, 4.69) is 15.9 Å². The standard InChI is InChI=1S/C15H20BrNO2/c1-17(11-12-4-6-13(16)7-5-12)15(18)9-8-14-3-2-10-19-14/h4-7,14H,2-3,8-11H2,1H3. The van der Waals surface area contributed by atoms with Crippen molar-refractivity contribution in [2.45, 2.75) is 38.3 Å². The van der Waals surface area contributed by atoms with Crippen molar-refractivity contribution in [3.8, 4) is 0 Å². The zero-order chi connectivity index (χ0) is 13.7. The molecule has 104 valence electrons. The molecule has 0 N–H and O–H groups in total. The molecule has 1 unspecified atom stereocenters. The van der Waals surface area contributed by atoms with Crippen LogP contribution in [-0.4, -0.2) is 30.6 Å². The largest absolute Gasteiger partial charge is 0.378 e. The van der Waals surface area contributed by atoms with E-state index in [4.69, 9.17) is 4.74 Å². The minimum Gasteiger partial charge on any atom is -0.378 e. The SMILES string of the molecule is CN(Cc1ccc(Br)cc1)C(=O)CCC1CCCO1. The average Bonchev–Trinajstić information content (AvgIpc) is 2.91. The van der Waals surface area contributed by atoms with Crippen LogP contribution in [0.25, 0.3) is 0 Å². The van der Waals surface area contributed by atoms with E-state index in [-0.39, 0.29) is 5.91 Å². The highest BCUT2D eigenvalue weighted by molar-refractivity contribution is 9.10. The molecule has 19 heavy (non-hydrogen) atoms. The zero-order valence-corrected chi connectivity index (χ0v) is 12.9. The van der Waals surface area contributed by atoms with Gasteiger partial charge >= 0.3 is 0 Å². The van der Waals surface area contributed by atoms with Gasteiger partial charge in [-0.1, -0.05) is 28.1 Å². The summed E-state index contributed by atoms with van der Waals surface area (Å²) in [4.78, 5) is 13.8. The predicted octanol–water partition coefficient (Wildman–Crippen LogP) is 3.37. The monoisotopic (exact) mass is 325 g/mol. The summed E-state index contributed by atoms with van der Waals surface area (Å²) in [6.07, 6.45) is 3.96. The third-order valence-corrected chi connectivity index (χ3v) is 3.99. The maximum absolute atomic E-state index is 12.0. The number of carbonyl (C=O) groups is 1. The fourth-order valence-electron chi connectivity index (χ4n) is 2.30. The van der Waals surface area contributed by atoms with Gasteiger partial charge in [-0.15, -0.1) is 0 Å². The summed E-state index contributed by atoms with van der Waals surface area (Å²) >= 11 is 3.41. The molecule has 1 aliphatic rings. The summed E-state index contributed by atoms with van der Waals surface area (Å²) in [5.74, 6) is 0.193. The minimum atomic E-state index is 0.193. The van der Waals surface area contributed by atoms with Crippen LogP contribution in [0, 0.1) is 0 Å². The molecule has 0 bridgehead atoms. The Morgan fingerprint density at radius 2 is 2.16 bits per heavy atom. The molecule has 1 aromatic rings. The highest BCUT2D eigenvalue weighted by atomic mass is 79.9. The predicted molar refractivity (Wildman–Crippen MR) is 78.8 cm³/mol. The number of carbonyl (C=O) groups excluding carboxylic acids is 1. The van der Waals surface area contributed by atoms with Crippen LogP contribution >= 0.6 is 15.9 Å². The Morgan fingerprint density at radius 1 is 1.42 bits per heavy atom. The lowest BCUT2D eigenvalue weighted by molar-refractivity contribution is -0.131. The Kier molecular flexibility index (Phi) is 5.40. The molecule has 3 nitrogen and oxygen atoms in total. The molecule has 1 aromatic carbocycles. The Balaban J connectivity index is 1.76. The maximum atomic E-state index is 12.0. The van der Waals surface area contributed by atoms with Crippen molar-refractivity contribution < 1.29 is 9.53 Å². The van der Waals surface area contributed by atoms with E-state index in [1.807, 2.05) is 31.3 Å². The number of benzene rings is 1. The van der Waals surface area contributed by atoms with Crippen LogP contribution < -0.4 is 0 Å². The number of halogens is 1. The van der Waals surface area contributed by atoms with E-state index in [1.165, 1.54) is 0 Å². The van der Waals surface area contributed by atoms with Crippen LogP contribution in [-0.2, 0) is 16.1 Å². The van der Waals surface area contributed by atoms with Crippen molar-refractivity contribution in [1.29, 1.82) is 0 Å². The molecule has 1 amide bonds. The molecule has 1 aliphatic heterocycles. The molecule has 1 fully saturated rings. The number of ether oxygens (including phenoxy) is 1. The topological polar surface area (TPSA) is 29.5 Å². The second-order valence-electron chi connectivity index (χ2n) is 5.05. The average molecular weight is 326 g/mol. The Hall–Kier alpha value is -0.870. The first kappa shape index (κ1) is 14.5. The first-order chi connectivity index (χ1) is 9.15. The lowest BCUT2D eigenvalue weighted by atomic mass is 10.1. The zero-order valence-electron chi connectivity index (χ0n) is 11.3. The van der Waals surface area contributed by atoms with Gasteiger partial charge in [0.15, 0.2) is 0 Å². The van der Waals surface area contributed by atoms with E-state index in [1.54, 1.807) is 4.90 Å². The van der Waals surface area contributed by atoms with Crippen LogP contribution in [0.1, 0.15) is 31.2 Å². The van der Waals surface area contributed by atoms with Crippen molar-refractivity contribution in [3.63, 3.8) is 0 Å². The van der Waals surface area contributed by atoms with E-state index in [9.17, 15) is 4.79 Å². The highest BCUT2D eigenvalue weighted by Crippen LogP contribution is 2.18. The number of hydrogen-bond donors (Lipinski definition) is 0. The number of amides is 1. The smallest absolute Gasteiger partial charge is 0.222 e. The second kappa shape index (κ2) is 7.06. The van der Waals surface area contributed by atoms with Gasteiger partial charge in [-0.3, -0.25) is 4.79 Å². The number of rotatable bonds is 5. The van der Waals surface area contributed by atoms with Crippen LogP contribution in [0.2, 0.25) is 0 Å². The van der Waals surface area contributed by atoms with Gasteiger partial charge in [-0.05, 0) is 37.0 Å². The fraction of sp³-hybridized carbons (Fsp3) is 0.533. The van der Waals surface area contributed by atoms with Crippen molar-refractivity contribution in [2.24, 2.45) is 0 Å². The first-order valence-corrected chi connectivity index (χ1v) is 7.54. The molecule has 0 spiro atoms. The summed E-state index contributed by atoms with van der Waals surface area (Å²) in [6.45, 7) is 1.52. The molecule has 1 atom stereocenters. The van der Waals surface area contributed by atoms with Crippen molar-refractivity contribution in [2.75, 3.05) is 13.7 Å². The van der Waals surface area contributed by atoms with Crippen molar-refractivity contribution in [1.82, 2.24) is 4.90 Å². The molecule has 2 rings (SSSR count). The second-order valence-corrected chi connectivity index (χ2v) is 5.97. The molecular formula is C15H20BrNO2. The molecule has 0 aromatic heterocycles. The lowest BCUT2D eigenvalue weighted by Crippen LogP contribution is -2.26. The van der Waals surface area contributed by atoms with Crippen molar-refractivity contribution >= 4 is 21.8 Å². The number of hydrogen-bond acceptors (Lipinski definition) is 2. The van der Waals surface area contributed by atoms with Crippen LogP contribution in [0.5, 0.6) is 0 Å². The fourth-order valence-corrected chi connectivity index (χ4v) is 2.56. The van der Waals surface area contributed by atoms with Gasteiger partial charge in [0.2, 0.25) is 5.91 Å². The van der Waals surface area contributed by atoms with Gasteiger partial charge in [0.1, 0.15) is 0 Å². The summed E-state index contributed by atoms with van der Waals surface area (Å²) in [7, 11) is 1.86. The first-order valence-electron chi connectivity index (χ1n) is 6.75. The summed E-state index contributed by atoms with van der Waals surface area (Å²) in [5, 5.41) is 0. The van der Waals surface area contributed by atoms with Crippen LogP contribution in [0.3, 0.4) is 0 Å². The molecule has 1 saturated heterocycles. The summed E-state index contributed by atoms with van der Waals surface area (Å²) in [5.41, 5.74) is 1.15. The normalized spacial score (nSPS) is 18.5. The molecule has 0 aliphatic carbocycles.